The molecule has 0 saturated carbocycles. The first-order chi connectivity index (χ1) is 8.02. The van der Waals surface area contributed by atoms with Gasteiger partial charge in [0.15, 0.2) is 0 Å². The van der Waals surface area contributed by atoms with Crippen molar-refractivity contribution < 1.29 is 28.2 Å². The predicted octanol–water partition coefficient (Wildman–Crippen LogP) is 0.771. The zero-order valence-corrected chi connectivity index (χ0v) is 10.5. The zero-order valence-electron chi connectivity index (χ0n) is 10.5. The Labute approximate surface area is 104 Å². The molecule has 1 atom stereocenters. The Bertz CT molecular complexity index is 351. The molecule has 0 spiro atoms. The van der Waals surface area contributed by atoms with Crippen molar-refractivity contribution in [1.29, 1.82) is 0 Å². The van der Waals surface area contributed by atoms with E-state index in [1.165, 1.54) is 0 Å². The summed E-state index contributed by atoms with van der Waals surface area (Å²) in [5.41, 5.74) is -0.812. The monoisotopic (exact) mass is 264 g/mol. The summed E-state index contributed by atoms with van der Waals surface area (Å²) in [5, 5.41) is 10.8. The maximum absolute atomic E-state index is 13.1. The number of amides is 1. The molecule has 1 aliphatic rings. The van der Waals surface area contributed by atoms with Gasteiger partial charge in [0.05, 0.1) is 12.0 Å². The topological polar surface area (TPSA) is 69.7 Å². The lowest BCUT2D eigenvalue weighted by molar-refractivity contribution is -0.314. The molecule has 1 fully saturated rings. The minimum atomic E-state index is -3.09. The van der Waals surface area contributed by atoms with Gasteiger partial charge in [-0.2, -0.15) is 0 Å². The van der Waals surface area contributed by atoms with E-state index in [0.717, 1.165) is 4.90 Å². The molecular formula is C11H16F2NO4-. The molecule has 1 amide bonds. The van der Waals surface area contributed by atoms with Crippen LogP contribution in [0, 0.1) is 0 Å². The highest BCUT2D eigenvalue weighted by Crippen LogP contribution is 2.32. The van der Waals surface area contributed by atoms with E-state index in [2.05, 4.69) is 0 Å². The Morgan fingerprint density at radius 2 is 1.94 bits per heavy atom. The molecule has 0 bridgehead atoms. The number of carboxylic acid groups (broad SMARTS) is 1. The third kappa shape index (κ3) is 3.82. The zero-order chi connectivity index (χ0) is 14.1. The van der Waals surface area contributed by atoms with Gasteiger partial charge in [-0.15, -0.1) is 0 Å². The molecule has 1 heterocycles. The lowest BCUT2D eigenvalue weighted by Crippen LogP contribution is -2.57. The second kappa shape index (κ2) is 4.70. The smallest absolute Gasteiger partial charge is 0.410 e. The first-order valence-corrected chi connectivity index (χ1v) is 5.60. The van der Waals surface area contributed by atoms with Gasteiger partial charge in [-0.05, 0) is 20.8 Å². The predicted molar refractivity (Wildman–Crippen MR) is 55.9 cm³/mol. The van der Waals surface area contributed by atoms with Crippen LogP contribution in [0.2, 0.25) is 0 Å². The molecule has 1 unspecified atom stereocenters. The quantitative estimate of drug-likeness (QED) is 0.701. The van der Waals surface area contributed by atoms with Crippen LogP contribution in [0.3, 0.4) is 0 Å². The van der Waals surface area contributed by atoms with E-state index in [9.17, 15) is 23.5 Å². The fraction of sp³-hybridized carbons (Fsp3) is 0.818. The van der Waals surface area contributed by atoms with Gasteiger partial charge in [-0.1, -0.05) is 0 Å². The number of hydrogen-bond donors (Lipinski definition) is 0. The molecule has 1 rings (SSSR count). The fourth-order valence-electron chi connectivity index (χ4n) is 1.68. The Kier molecular flexibility index (Phi) is 3.83. The van der Waals surface area contributed by atoms with Crippen molar-refractivity contribution in [3.63, 3.8) is 0 Å². The Morgan fingerprint density at radius 1 is 1.39 bits per heavy atom. The standard InChI is InChI=1S/C11H17F2NO4/c1-10(2,3)18-9(17)14-5-4-11(12,13)6-7(14)8(15)16/h7H,4-6H2,1-3H3,(H,15,16)/p-1. The van der Waals surface area contributed by atoms with E-state index in [0.29, 0.717) is 0 Å². The second-order valence-electron chi connectivity index (χ2n) is 5.32. The molecular weight excluding hydrogens is 248 g/mol. The number of halogens is 2. The number of carboxylic acids is 1. The third-order valence-corrected chi connectivity index (χ3v) is 2.49. The molecule has 1 aliphatic heterocycles. The minimum Gasteiger partial charge on any atom is -0.548 e. The molecule has 0 aromatic carbocycles. The Balaban J connectivity index is 2.81. The molecule has 0 aromatic rings. The molecule has 0 aliphatic carbocycles. The maximum Gasteiger partial charge on any atom is 0.410 e. The van der Waals surface area contributed by atoms with Crippen LogP contribution in [0.5, 0.6) is 0 Å². The molecule has 18 heavy (non-hydrogen) atoms. The van der Waals surface area contributed by atoms with Crippen molar-refractivity contribution in [3.8, 4) is 0 Å². The minimum absolute atomic E-state index is 0.361. The normalized spacial score (nSPS) is 23.6. The first kappa shape index (κ1) is 14.7. The summed E-state index contributed by atoms with van der Waals surface area (Å²) >= 11 is 0. The number of aliphatic carboxylic acids is 1. The summed E-state index contributed by atoms with van der Waals surface area (Å²) in [6.45, 7) is 4.47. The second-order valence-corrected chi connectivity index (χ2v) is 5.32. The summed E-state index contributed by atoms with van der Waals surface area (Å²) in [7, 11) is 0. The summed E-state index contributed by atoms with van der Waals surface area (Å²) in [5.74, 6) is -4.79. The molecule has 0 N–H and O–H groups in total. The van der Waals surface area contributed by atoms with Gasteiger partial charge in [-0.25, -0.2) is 13.6 Å². The number of piperidine rings is 1. The molecule has 1 saturated heterocycles. The van der Waals surface area contributed by atoms with Crippen LogP contribution in [0.1, 0.15) is 33.6 Å². The van der Waals surface area contributed by atoms with Crippen LogP contribution in [0.4, 0.5) is 13.6 Å². The number of rotatable bonds is 1. The lowest BCUT2D eigenvalue weighted by Gasteiger charge is -2.40. The van der Waals surface area contributed by atoms with Crippen LogP contribution in [0.25, 0.3) is 0 Å². The Hall–Kier alpha value is -1.40. The molecule has 0 radical (unpaired) electrons. The van der Waals surface area contributed by atoms with Gasteiger partial charge in [0, 0.05) is 19.4 Å². The highest BCUT2D eigenvalue weighted by Gasteiger charge is 2.43. The average molecular weight is 264 g/mol. The summed E-state index contributed by atoms with van der Waals surface area (Å²) in [6.07, 6.45) is -2.42. The summed E-state index contributed by atoms with van der Waals surface area (Å²) < 4.78 is 31.2. The highest BCUT2D eigenvalue weighted by molar-refractivity contribution is 5.79. The van der Waals surface area contributed by atoms with Gasteiger partial charge in [0.2, 0.25) is 0 Å². The van der Waals surface area contributed by atoms with Crippen molar-refractivity contribution in [1.82, 2.24) is 4.90 Å². The van der Waals surface area contributed by atoms with Gasteiger partial charge in [-0.3, -0.25) is 4.90 Å². The number of carbonyl (C=O) groups excluding carboxylic acids is 2. The molecule has 5 nitrogen and oxygen atoms in total. The van der Waals surface area contributed by atoms with Crippen LogP contribution in [-0.4, -0.2) is 41.1 Å². The van der Waals surface area contributed by atoms with Crippen molar-refractivity contribution in [2.75, 3.05) is 6.54 Å². The molecule has 0 aromatic heterocycles. The largest absolute Gasteiger partial charge is 0.548 e. The number of nitrogens with zero attached hydrogens (tertiary/aromatic N) is 1. The first-order valence-electron chi connectivity index (χ1n) is 5.60. The van der Waals surface area contributed by atoms with Crippen molar-refractivity contribution >= 4 is 12.1 Å². The van der Waals surface area contributed by atoms with E-state index in [-0.39, 0.29) is 6.54 Å². The lowest BCUT2D eigenvalue weighted by atomic mass is 9.99. The van der Waals surface area contributed by atoms with E-state index in [4.69, 9.17) is 4.74 Å². The molecule has 104 valence electrons. The van der Waals surface area contributed by atoms with E-state index >= 15 is 0 Å². The van der Waals surface area contributed by atoms with Crippen LogP contribution < -0.4 is 5.11 Å². The number of hydrogen-bond acceptors (Lipinski definition) is 4. The number of likely N-dealkylation sites (tertiary alicyclic amines) is 1. The SMILES string of the molecule is CC(C)(C)OC(=O)N1CCC(F)(F)CC1C(=O)[O-]. The summed E-state index contributed by atoms with van der Waals surface area (Å²) in [4.78, 5) is 23.3. The van der Waals surface area contributed by atoms with Gasteiger partial charge < -0.3 is 14.6 Å². The van der Waals surface area contributed by atoms with Crippen LogP contribution in [-0.2, 0) is 9.53 Å². The fourth-order valence-corrected chi connectivity index (χ4v) is 1.68. The van der Waals surface area contributed by atoms with E-state index in [1.54, 1.807) is 20.8 Å². The Morgan fingerprint density at radius 3 is 2.39 bits per heavy atom. The van der Waals surface area contributed by atoms with Crippen molar-refractivity contribution in [2.45, 2.75) is 51.2 Å². The van der Waals surface area contributed by atoms with Crippen LogP contribution >= 0.6 is 0 Å². The van der Waals surface area contributed by atoms with Gasteiger partial charge in [0.1, 0.15) is 5.60 Å². The number of alkyl halides is 2. The number of carbonyl (C=O) groups is 2. The summed E-state index contributed by atoms with van der Waals surface area (Å²) in [6, 6.07) is -1.65. The highest BCUT2D eigenvalue weighted by atomic mass is 19.3. The van der Waals surface area contributed by atoms with E-state index < -0.39 is 42.5 Å². The average Bonchev–Trinajstić information content (AvgIpc) is 2.12. The van der Waals surface area contributed by atoms with Crippen LogP contribution in [0.15, 0.2) is 0 Å². The third-order valence-electron chi connectivity index (χ3n) is 2.49. The van der Waals surface area contributed by atoms with Crippen molar-refractivity contribution in [2.24, 2.45) is 0 Å². The van der Waals surface area contributed by atoms with Gasteiger partial charge in [0.25, 0.3) is 5.92 Å². The van der Waals surface area contributed by atoms with Gasteiger partial charge >= 0.3 is 6.09 Å². The number of ether oxygens (including phenoxy) is 1. The van der Waals surface area contributed by atoms with E-state index in [1.807, 2.05) is 0 Å². The molecule has 7 heteroatoms. The maximum atomic E-state index is 13.1. The van der Waals surface area contributed by atoms with Crippen molar-refractivity contribution in [3.05, 3.63) is 0 Å².